The second-order valence-electron chi connectivity index (χ2n) is 6.11. The first-order chi connectivity index (χ1) is 14.0. The molecule has 0 radical (unpaired) electrons. The summed E-state index contributed by atoms with van der Waals surface area (Å²) in [5.74, 6) is -0.105. The monoisotopic (exact) mass is 544 g/mol. The molecule has 0 spiro atoms. The van der Waals surface area contributed by atoms with E-state index >= 15 is 0 Å². The van der Waals surface area contributed by atoms with Gasteiger partial charge in [0.05, 0.1) is 18.0 Å². The molecule has 0 atom stereocenters. The zero-order chi connectivity index (χ0) is 20.7. The summed E-state index contributed by atoms with van der Waals surface area (Å²) < 4.78 is 43.7. The predicted molar refractivity (Wildman–Crippen MR) is 124 cm³/mol. The summed E-state index contributed by atoms with van der Waals surface area (Å²) in [6, 6.07) is 14.8. The molecule has 1 aromatic heterocycles. The van der Waals surface area contributed by atoms with E-state index in [1.165, 1.54) is 18.2 Å². The Labute approximate surface area is 191 Å². The first kappa shape index (κ1) is 23.8. The third-order valence-electron chi connectivity index (χ3n) is 4.07. The fourth-order valence-corrected chi connectivity index (χ4v) is 3.85. The normalized spacial score (nSPS) is 11.6. The van der Waals surface area contributed by atoms with E-state index in [1.54, 1.807) is 13.3 Å². The molecule has 2 N–H and O–H groups in total. The zero-order valence-corrected chi connectivity index (χ0v) is 19.4. The molecule has 0 aliphatic rings. The number of nitrogens with zero attached hydrogens (tertiary/aromatic N) is 2. The van der Waals surface area contributed by atoms with Gasteiger partial charge in [0.15, 0.2) is 15.8 Å². The number of oxazole rings is 1. The second-order valence-corrected chi connectivity index (χ2v) is 8.19. The van der Waals surface area contributed by atoms with E-state index in [1.807, 2.05) is 30.3 Å². The highest BCUT2D eigenvalue weighted by Gasteiger charge is 2.18. The van der Waals surface area contributed by atoms with Crippen LogP contribution in [0.5, 0.6) is 0 Å². The number of hydrogen-bond donors (Lipinski definition) is 2. The lowest BCUT2D eigenvalue weighted by Gasteiger charge is -2.11. The number of sulfone groups is 1. The molecular formula is C20H22FIN4O3S. The minimum atomic E-state index is -3.74. The topological polar surface area (TPSA) is 96.6 Å². The lowest BCUT2D eigenvalue weighted by molar-refractivity contribution is 0.566. The maximum absolute atomic E-state index is 13.7. The molecule has 3 rings (SSSR count). The van der Waals surface area contributed by atoms with Gasteiger partial charge in [0.1, 0.15) is 17.0 Å². The number of guanidine groups is 1. The number of aromatic nitrogens is 1. The van der Waals surface area contributed by atoms with E-state index in [4.69, 9.17) is 4.42 Å². The maximum Gasteiger partial charge on any atom is 0.226 e. The van der Waals surface area contributed by atoms with Gasteiger partial charge in [0, 0.05) is 19.2 Å². The molecule has 0 saturated heterocycles. The van der Waals surface area contributed by atoms with Crippen LogP contribution in [0.2, 0.25) is 0 Å². The number of halogens is 2. The third kappa shape index (κ3) is 6.26. The van der Waals surface area contributed by atoms with Crippen molar-refractivity contribution in [3.8, 4) is 11.5 Å². The van der Waals surface area contributed by atoms with Crippen LogP contribution in [0.3, 0.4) is 0 Å². The van der Waals surface area contributed by atoms with Crippen LogP contribution in [0.25, 0.3) is 11.5 Å². The van der Waals surface area contributed by atoms with Crippen LogP contribution in [0.15, 0.2) is 75.2 Å². The van der Waals surface area contributed by atoms with E-state index in [-0.39, 0.29) is 41.2 Å². The third-order valence-corrected chi connectivity index (χ3v) is 5.81. The van der Waals surface area contributed by atoms with E-state index in [0.717, 1.165) is 11.6 Å². The van der Waals surface area contributed by atoms with Crippen molar-refractivity contribution in [1.82, 2.24) is 15.6 Å². The predicted octanol–water partition coefficient (Wildman–Crippen LogP) is 3.24. The molecule has 0 aliphatic carbocycles. The molecule has 10 heteroatoms. The summed E-state index contributed by atoms with van der Waals surface area (Å²) >= 11 is 0. The summed E-state index contributed by atoms with van der Waals surface area (Å²) in [5.41, 5.74) is 1.55. The SMILES string of the molecule is CN=C(NCCS(=O)(=O)c1ccccc1F)NCc1coc(-c2ccccc2)n1.I. The first-order valence-electron chi connectivity index (χ1n) is 8.91. The lowest BCUT2D eigenvalue weighted by atomic mass is 10.2. The van der Waals surface area contributed by atoms with Crippen molar-refractivity contribution in [3.05, 3.63) is 72.4 Å². The van der Waals surface area contributed by atoms with Gasteiger partial charge in [-0.1, -0.05) is 30.3 Å². The molecule has 1 heterocycles. The molecule has 160 valence electrons. The van der Waals surface area contributed by atoms with Crippen molar-refractivity contribution >= 4 is 39.8 Å². The Bertz CT molecular complexity index is 1090. The molecule has 30 heavy (non-hydrogen) atoms. The van der Waals surface area contributed by atoms with Crippen molar-refractivity contribution in [1.29, 1.82) is 0 Å². The summed E-state index contributed by atoms with van der Waals surface area (Å²) in [4.78, 5) is 8.15. The highest BCUT2D eigenvalue weighted by atomic mass is 127. The van der Waals surface area contributed by atoms with Crippen LogP contribution in [-0.4, -0.2) is 38.7 Å². The molecule has 0 aliphatic heterocycles. The highest BCUT2D eigenvalue weighted by Crippen LogP contribution is 2.18. The number of hydrogen-bond acceptors (Lipinski definition) is 5. The Morgan fingerprint density at radius 1 is 1.10 bits per heavy atom. The zero-order valence-electron chi connectivity index (χ0n) is 16.2. The fourth-order valence-electron chi connectivity index (χ4n) is 2.61. The molecule has 3 aromatic rings. The lowest BCUT2D eigenvalue weighted by Crippen LogP contribution is -2.39. The fraction of sp³-hybridized carbons (Fsp3) is 0.200. The van der Waals surface area contributed by atoms with Crippen molar-refractivity contribution in [3.63, 3.8) is 0 Å². The van der Waals surface area contributed by atoms with Crippen molar-refractivity contribution in [2.75, 3.05) is 19.3 Å². The Hall–Kier alpha value is -2.47. The van der Waals surface area contributed by atoms with Gasteiger partial charge in [-0.3, -0.25) is 4.99 Å². The van der Waals surface area contributed by atoms with Crippen LogP contribution < -0.4 is 10.6 Å². The summed E-state index contributed by atoms with van der Waals surface area (Å²) in [6.45, 7) is 0.417. The molecule has 0 bridgehead atoms. The molecular weight excluding hydrogens is 522 g/mol. The van der Waals surface area contributed by atoms with Gasteiger partial charge in [-0.25, -0.2) is 17.8 Å². The smallest absolute Gasteiger partial charge is 0.226 e. The highest BCUT2D eigenvalue weighted by molar-refractivity contribution is 14.0. The van der Waals surface area contributed by atoms with Gasteiger partial charge in [-0.05, 0) is 24.3 Å². The molecule has 0 saturated carbocycles. The quantitative estimate of drug-likeness (QED) is 0.270. The van der Waals surface area contributed by atoms with Crippen LogP contribution >= 0.6 is 24.0 Å². The maximum atomic E-state index is 13.7. The van der Waals surface area contributed by atoms with Crippen LogP contribution in [0, 0.1) is 5.82 Å². The minimum absolute atomic E-state index is 0. The van der Waals surface area contributed by atoms with Gasteiger partial charge in [-0.2, -0.15) is 0 Å². The Kier molecular flexibility index (Phi) is 8.78. The molecule has 0 amide bonds. The van der Waals surface area contributed by atoms with Crippen LogP contribution in [0.4, 0.5) is 4.39 Å². The molecule has 0 fully saturated rings. The van der Waals surface area contributed by atoms with E-state index in [0.29, 0.717) is 24.1 Å². The van der Waals surface area contributed by atoms with Crippen molar-refractivity contribution in [2.24, 2.45) is 4.99 Å². The number of rotatable bonds is 7. The van der Waals surface area contributed by atoms with Crippen molar-refractivity contribution < 1.29 is 17.2 Å². The minimum Gasteiger partial charge on any atom is -0.444 e. The number of nitrogens with one attached hydrogen (secondary N) is 2. The molecule has 7 nitrogen and oxygen atoms in total. The largest absolute Gasteiger partial charge is 0.444 e. The number of aliphatic imine (C=N–C) groups is 1. The van der Waals surface area contributed by atoms with Gasteiger partial charge in [-0.15, -0.1) is 24.0 Å². The Morgan fingerprint density at radius 2 is 1.80 bits per heavy atom. The summed E-state index contributed by atoms with van der Waals surface area (Å²) in [7, 11) is -2.17. The second kappa shape index (κ2) is 11.1. The van der Waals surface area contributed by atoms with Gasteiger partial charge < -0.3 is 15.1 Å². The van der Waals surface area contributed by atoms with Gasteiger partial charge >= 0.3 is 0 Å². The average molecular weight is 544 g/mol. The average Bonchev–Trinajstić information content (AvgIpc) is 3.20. The number of benzene rings is 2. The molecule has 2 aromatic carbocycles. The van der Waals surface area contributed by atoms with E-state index in [2.05, 4.69) is 20.6 Å². The van der Waals surface area contributed by atoms with Crippen LogP contribution in [0.1, 0.15) is 5.69 Å². The summed E-state index contributed by atoms with van der Waals surface area (Å²) in [6.07, 6.45) is 1.55. The molecule has 0 unspecified atom stereocenters. The van der Waals surface area contributed by atoms with Gasteiger partial charge in [0.2, 0.25) is 5.89 Å². The van der Waals surface area contributed by atoms with Crippen molar-refractivity contribution in [2.45, 2.75) is 11.4 Å². The first-order valence-corrected chi connectivity index (χ1v) is 10.6. The Morgan fingerprint density at radius 3 is 2.50 bits per heavy atom. The standard InChI is InChI=1S/C20H21FN4O3S.HI/c1-22-20(23-11-12-29(26,27)18-10-6-5-9-17(18)21)24-13-16-14-28-19(25-16)15-7-3-2-4-8-15;/h2-10,14H,11-13H2,1H3,(H2,22,23,24);1H. The summed E-state index contributed by atoms with van der Waals surface area (Å²) in [5, 5.41) is 5.94. The Balaban J connectivity index is 0.00000320. The van der Waals surface area contributed by atoms with E-state index in [9.17, 15) is 12.8 Å². The van der Waals surface area contributed by atoms with Gasteiger partial charge in [0.25, 0.3) is 0 Å². The van der Waals surface area contributed by atoms with E-state index < -0.39 is 15.7 Å². The van der Waals surface area contributed by atoms with Crippen LogP contribution in [-0.2, 0) is 16.4 Å².